The molecular weight excluding hydrogens is 296 g/mol. The number of hydrogen-bond acceptors (Lipinski definition) is 1. The van der Waals surface area contributed by atoms with Crippen LogP contribution in [0.25, 0.3) is 0 Å². The Bertz CT molecular complexity index is 246. The summed E-state index contributed by atoms with van der Waals surface area (Å²) >= 11 is 6.79. The van der Waals surface area contributed by atoms with Gasteiger partial charge in [0, 0.05) is 9.80 Å². The number of benzene rings is 1. The molecule has 0 spiro atoms. The number of alkyl halides is 1. The maximum Gasteiger partial charge on any atom is 0.119 e. The van der Waals surface area contributed by atoms with Gasteiger partial charge in [0.15, 0.2) is 0 Å². The highest BCUT2D eigenvalue weighted by molar-refractivity contribution is 9.10. The highest BCUT2D eigenvalue weighted by atomic mass is 79.9. The molecular formula is C10H12Br2O. The molecule has 0 aromatic heterocycles. The van der Waals surface area contributed by atoms with Crippen molar-refractivity contribution in [2.45, 2.75) is 6.92 Å². The van der Waals surface area contributed by atoms with E-state index < -0.39 is 0 Å². The van der Waals surface area contributed by atoms with Crippen LogP contribution in [0.2, 0.25) is 0 Å². The first-order chi connectivity index (χ1) is 6.22. The second kappa shape index (κ2) is 5.66. The molecule has 0 radical (unpaired) electrons. The highest BCUT2D eigenvalue weighted by Gasteiger charge is 2.00. The minimum atomic E-state index is 0.545. The number of halogens is 2. The maximum atomic E-state index is 5.56. The van der Waals surface area contributed by atoms with E-state index in [2.05, 4.69) is 38.8 Å². The third kappa shape index (κ3) is 4.14. The molecule has 1 aromatic carbocycles. The summed E-state index contributed by atoms with van der Waals surface area (Å²) in [5, 5.41) is 0.976. The van der Waals surface area contributed by atoms with Crippen molar-refractivity contribution in [1.29, 1.82) is 0 Å². The number of ether oxygens (including phenoxy) is 1. The minimum absolute atomic E-state index is 0.545. The Morgan fingerprint density at radius 1 is 1.31 bits per heavy atom. The van der Waals surface area contributed by atoms with E-state index in [-0.39, 0.29) is 0 Å². The van der Waals surface area contributed by atoms with Crippen molar-refractivity contribution >= 4 is 31.9 Å². The summed E-state index contributed by atoms with van der Waals surface area (Å²) in [5.41, 5.74) is 0. The van der Waals surface area contributed by atoms with Gasteiger partial charge in [0.1, 0.15) is 5.75 Å². The smallest absolute Gasteiger partial charge is 0.119 e. The first kappa shape index (κ1) is 11.1. The van der Waals surface area contributed by atoms with E-state index in [1.54, 1.807) is 0 Å². The fourth-order valence-electron chi connectivity index (χ4n) is 0.814. The first-order valence-electron chi connectivity index (χ1n) is 4.16. The Balaban J connectivity index is 2.41. The third-order valence-electron chi connectivity index (χ3n) is 1.61. The fourth-order valence-corrected chi connectivity index (χ4v) is 1.27. The Hall–Kier alpha value is -0.0200. The van der Waals surface area contributed by atoms with Gasteiger partial charge in [-0.05, 0) is 30.2 Å². The van der Waals surface area contributed by atoms with E-state index in [1.165, 1.54) is 0 Å². The molecule has 0 aliphatic carbocycles. The molecule has 0 amide bonds. The molecule has 0 N–H and O–H groups in total. The molecule has 0 fully saturated rings. The van der Waals surface area contributed by atoms with E-state index in [0.717, 1.165) is 22.2 Å². The molecule has 0 saturated heterocycles. The predicted molar refractivity (Wildman–Crippen MR) is 62.6 cm³/mol. The van der Waals surface area contributed by atoms with Crippen molar-refractivity contribution in [1.82, 2.24) is 0 Å². The third-order valence-corrected chi connectivity index (χ3v) is 3.25. The Kier molecular flexibility index (Phi) is 4.81. The summed E-state index contributed by atoms with van der Waals surface area (Å²) in [4.78, 5) is 0. The van der Waals surface area contributed by atoms with Crippen molar-refractivity contribution in [2.24, 2.45) is 5.92 Å². The quantitative estimate of drug-likeness (QED) is 0.768. The molecule has 1 nitrogen and oxygen atoms in total. The van der Waals surface area contributed by atoms with Gasteiger partial charge in [-0.1, -0.05) is 38.8 Å². The van der Waals surface area contributed by atoms with Crippen molar-refractivity contribution in [3.05, 3.63) is 28.7 Å². The van der Waals surface area contributed by atoms with Crippen LogP contribution < -0.4 is 4.74 Å². The number of rotatable bonds is 4. The largest absolute Gasteiger partial charge is 0.493 e. The van der Waals surface area contributed by atoms with Gasteiger partial charge in [0.05, 0.1) is 6.61 Å². The van der Waals surface area contributed by atoms with E-state index in [0.29, 0.717) is 5.92 Å². The molecule has 13 heavy (non-hydrogen) atoms. The normalized spacial score (nSPS) is 12.5. The van der Waals surface area contributed by atoms with Gasteiger partial charge in [-0.15, -0.1) is 0 Å². The molecule has 0 aliphatic heterocycles. The topological polar surface area (TPSA) is 9.23 Å². The molecule has 3 heteroatoms. The van der Waals surface area contributed by atoms with Crippen LogP contribution in [-0.2, 0) is 0 Å². The Morgan fingerprint density at radius 3 is 2.46 bits per heavy atom. The van der Waals surface area contributed by atoms with Crippen LogP contribution in [0.1, 0.15) is 6.92 Å². The van der Waals surface area contributed by atoms with Crippen LogP contribution in [0.3, 0.4) is 0 Å². The summed E-state index contributed by atoms with van der Waals surface area (Å²) in [6, 6.07) is 7.89. The lowest BCUT2D eigenvalue weighted by molar-refractivity contribution is 0.274. The van der Waals surface area contributed by atoms with Gasteiger partial charge >= 0.3 is 0 Å². The maximum absolute atomic E-state index is 5.56. The lowest BCUT2D eigenvalue weighted by Crippen LogP contribution is -2.09. The standard InChI is InChI=1S/C10H12Br2O/c1-8(6-11)7-13-10-4-2-9(12)3-5-10/h2-5,8H,6-7H2,1H3. The van der Waals surface area contributed by atoms with Gasteiger partial charge in [-0.3, -0.25) is 0 Å². The SMILES string of the molecule is CC(CBr)COc1ccc(Br)cc1. The first-order valence-corrected chi connectivity index (χ1v) is 6.08. The van der Waals surface area contributed by atoms with Crippen molar-refractivity contribution < 1.29 is 4.74 Å². The van der Waals surface area contributed by atoms with Crippen LogP contribution in [0.5, 0.6) is 5.75 Å². The van der Waals surface area contributed by atoms with E-state index in [9.17, 15) is 0 Å². The molecule has 1 rings (SSSR count). The van der Waals surface area contributed by atoms with Crippen molar-refractivity contribution in [3.8, 4) is 5.75 Å². The van der Waals surface area contributed by atoms with Crippen LogP contribution in [0.15, 0.2) is 28.7 Å². The van der Waals surface area contributed by atoms with Gasteiger partial charge in [-0.25, -0.2) is 0 Å². The van der Waals surface area contributed by atoms with E-state index in [1.807, 2.05) is 24.3 Å². The van der Waals surface area contributed by atoms with Crippen molar-refractivity contribution in [3.63, 3.8) is 0 Å². The predicted octanol–water partition coefficient (Wildman–Crippen LogP) is 3.86. The summed E-state index contributed by atoms with van der Waals surface area (Å²) in [6.07, 6.45) is 0. The summed E-state index contributed by atoms with van der Waals surface area (Å²) in [6.45, 7) is 2.90. The van der Waals surface area contributed by atoms with Crippen LogP contribution in [0, 0.1) is 5.92 Å². The van der Waals surface area contributed by atoms with Gasteiger partial charge in [0.2, 0.25) is 0 Å². The average molecular weight is 308 g/mol. The van der Waals surface area contributed by atoms with Gasteiger partial charge in [-0.2, -0.15) is 0 Å². The van der Waals surface area contributed by atoms with E-state index >= 15 is 0 Å². The molecule has 72 valence electrons. The zero-order valence-electron chi connectivity index (χ0n) is 7.47. The zero-order valence-corrected chi connectivity index (χ0v) is 10.6. The molecule has 0 saturated carbocycles. The molecule has 0 heterocycles. The zero-order chi connectivity index (χ0) is 9.68. The highest BCUT2D eigenvalue weighted by Crippen LogP contribution is 2.16. The Labute approximate surface area is 95.7 Å². The second-order valence-corrected chi connectivity index (χ2v) is 4.59. The summed E-state index contributed by atoms with van der Waals surface area (Å²) in [5.74, 6) is 1.47. The van der Waals surface area contributed by atoms with Crippen LogP contribution in [-0.4, -0.2) is 11.9 Å². The average Bonchev–Trinajstić information content (AvgIpc) is 2.16. The minimum Gasteiger partial charge on any atom is -0.493 e. The fraction of sp³-hybridized carbons (Fsp3) is 0.400. The molecule has 0 aliphatic rings. The second-order valence-electron chi connectivity index (χ2n) is 3.02. The van der Waals surface area contributed by atoms with Crippen LogP contribution in [0.4, 0.5) is 0 Å². The Morgan fingerprint density at radius 2 is 1.92 bits per heavy atom. The molecule has 1 aromatic rings. The van der Waals surface area contributed by atoms with Crippen LogP contribution >= 0.6 is 31.9 Å². The van der Waals surface area contributed by atoms with Gasteiger partial charge < -0.3 is 4.74 Å². The number of hydrogen-bond donors (Lipinski definition) is 0. The van der Waals surface area contributed by atoms with E-state index in [4.69, 9.17) is 4.74 Å². The van der Waals surface area contributed by atoms with Crippen molar-refractivity contribution in [2.75, 3.05) is 11.9 Å². The lowest BCUT2D eigenvalue weighted by Gasteiger charge is -2.09. The van der Waals surface area contributed by atoms with Gasteiger partial charge in [0.25, 0.3) is 0 Å². The summed E-state index contributed by atoms with van der Waals surface area (Å²) in [7, 11) is 0. The molecule has 1 unspecified atom stereocenters. The molecule has 1 atom stereocenters. The lowest BCUT2D eigenvalue weighted by atomic mass is 10.2. The monoisotopic (exact) mass is 306 g/mol. The summed E-state index contributed by atoms with van der Waals surface area (Å²) < 4.78 is 6.64. The molecule has 0 bridgehead atoms.